The molecule has 0 saturated heterocycles. The third-order valence-electron chi connectivity index (χ3n) is 6.17. The SMILES string of the molecule is O=C(N/N=C\c1c(O)ccc2ccccc12)C1CC1(c1ccccc1)c1ccccc1. The lowest BCUT2D eigenvalue weighted by Gasteiger charge is -2.18. The van der Waals surface area contributed by atoms with Gasteiger partial charge < -0.3 is 5.11 Å². The number of amides is 1. The maximum absolute atomic E-state index is 13.0. The molecule has 31 heavy (non-hydrogen) atoms. The van der Waals surface area contributed by atoms with E-state index >= 15 is 0 Å². The average Bonchev–Trinajstić information content (AvgIpc) is 3.59. The number of aromatic hydroxyl groups is 1. The number of nitrogens with zero attached hydrogens (tertiary/aromatic N) is 1. The Labute approximate surface area is 180 Å². The van der Waals surface area contributed by atoms with Crippen LogP contribution in [0.15, 0.2) is 102 Å². The molecule has 0 radical (unpaired) electrons. The molecule has 4 heteroatoms. The van der Waals surface area contributed by atoms with Gasteiger partial charge in [-0.2, -0.15) is 5.10 Å². The summed E-state index contributed by atoms with van der Waals surface area (Å²) < 4.78 is 0. The zero-order valence-electron chi connectivity index (χ0n) is 16.9. The van der Waals surface area contributed by atoms with E-state index in [2.05, 4.69) is 34.8 Å². The zero-order chi connectivity index (χ0) is 21.3. The quantitative estimate of drug-likeness (QED) is 0.362. The first kappa shape index (κ1) is 19.1. The molecule has 0 aliphatic heterocycles. The number of hydrogen-bond acceptors (Lipinski definition) is 3. The van der Waals surface area contributed by atoms with Crippen molar-refractivity contribution >= 4 is 22.9 Å². The lowest BCUT2D eigenvalue weighted by atomic mass is 9.85. The molecule has 1 fully saturated rings. The average molecular weight is 406 g/mol. The molecule has 0 bridgehead atoms. The monoisotopic (exact) mass is 406 g/mol. The van der Waals surface area contributed by atoms with Gasteiger partial charge in [0.1, 0.15) is 5.75 Å². The summed E-state index contributed by atoms with van der Waals surface area (Å²) in [6.07, 6.45) is 2.26. The predicted octanol–water partition coefficient (Wildman–Crippen LogP) is 5.00. The maximum Gasteiger partial charge on any atom is 0.244 e. The Morgan fingerprint density at radius 3 is 2.16 bits per heavy atom. The molecule has 0 spiro atoms. The third kappa shape index (κ3) is 3.36. The largest absolute Gasteiger partial charge is 0.507 e. The number of hydrazone groups is 1. The number of carbonyl (C=O) groups excluding carboxylic acids is 1. The number of fused-ring (bicyclic) bond motifs is 1. The maximum atomic E-state index is 13.0. The van der Waals surface area contributed by atoms with Crippen LogP contribution < -0.4 is 5.43 Å². The Kier molecular flexibility index (Phi) is 4.75. The highest BCUT2D eigenvalue weighted by molar-refractivity contribution is 6.02. The molecule has 4 aromatic rings. The molecule has 4 aromatic carbocycles. The fourth-order valence-corrected chi connectivity index (χ4v) is 4.51. The van der Waals surface area contributed by atoms with E-state index < -0.39 is 0 Å². The van der Waals surface area contributed by atoms with Crippen molar-refractivity contribution in [3.8, 4) is 5.75 Å². The van der Waals surface area contributed by atoms with Gasteiger partial charge in [0.15, 0.2) is 0 Å². The topological polar surface area (TPSA) is 61.7 Å². The molecule has 1 amide bonds. The van der Waals surface area contributed by atoms with Crippen molar-refractivity contribution in [1.82, 2.24) is 5.43 Å². The van der Waals surface area contributed by atoms with E-state index in [1.54, 1.807) is 6.07 Å². The number of rotatable bonds is 5. The summed E-state index contributed by atoms with van der Waals surface area (Å²) in [5, 5.41) is 16.3. The number of carbonyl (C=O) groups is 1. The summed E-state index contributed by atoms with van der Waals surface area (Å²) in [4.78, 5) is 13.0. The lowest BCUT2D eigenvalue weighted by Crippen LogP contribution is -2.25. The van der Waals surface area contributed by atoms with E-state index in [1.807, 2.05) is 66.7 Å². The van der Waals surface area contributed by atoms with Crippen LogP contribution >= 0.6 is 0 Å². The van der Waals surface area contributed by atoms with Crippen molar-refractivity contribution in [2.45, 2.75) is 11.8 Å². The van der Waals surface area contributed by atoms with Gasteiger partial charge in [-0.1, -0.05) is 91.0 Å². The molecule has 1 aliphatic carbocycles. The van der Waals surface area contributed by atoms with Gasteiger partial charge in [0, 0.05) is 11.0 Å². The summed E-state index contributed by atoms with van der Waals surface area (Å²) >= 11 is 0. The summed E-state index contributed by atoms with van der Waals surface area (Å²) in [6.45, 7) is 0. The van der Waals surface area contributed by atoms with Crippen LogP contribution in [-0.4, -0.2) is 17.2 Å². The van der Waals surface area contributed by atoms with Crippen molar-refractivity contribution in [2.75, 3.05) is 0 Å². The molecule has 4 nitrogen and oxygen atoms in total. The van der Waals surface area contributed by atoms with Crippen LogP contribution in [-0.2, 0) is 10.2 Å². The second-order valence-electron chi connectivity index (χ2n) is 7.91. The minimum atomic E-state index is -0.330. The van der Waals surface area contributed by atoms with Crippen LogP contribution in [0.4, 0.5) is 0 Å². The van der Waals surface area contributed by atoms with E-state index in [4.69, 9.17) is 0 Å². The lowest BCUT2D eigenvalue weighted by molar-refractivity contribution is -0.122. The van der Waals surface area contributed by atoms with Crippen molar-refractivity contribution in [3.05, 3.63) is 114 Å². The third-order valence-corrected chi connectivity index (χ3v) is 6.17. The molecule has 1 saturated carbocycles. The fourth-order valence-electron chi connectivity index (χ4n) is 4.51. The molecule has 1 atom stereocenters. The minimum absolute atomic E-state index is 0.122. The van der Waals surface area contributed by atoms with Gasteiger partial charge in [-0.05, 0) is 34.4 Å². The second-order valence-corrected chi connectivity index (χ2v) is 7.91. The van der Waals surface area contributed by atoms with Gasteiger partial charge in [0.2, 0.25) is 5.91 Å². The summed E-state index contributed by atoms with van der Waals surface area (Å²) in [7, 11) is 0. The van der Waals surface area contributed by atoms with E-state index in [9.17, 15) is 9.90 Å². The number of hydrogen-bond donors (Lipinski definition) is 2. The van der Waals surface area contributed by atoms with E-state index in [0.717, 1.165) is 28.3 Å². The van der Waals surface area contributed by atoms with Crippen LogP contribution in [0.1, 0.15) is 23.1 Å². The summed E-state index contributed by atoms with van der Waals surface area (Å²) in [5.74, 6) is -0.190. The zero-order valence-corrected chi connectivity index (χ0v) is 16.9. The van der Waals surface area contributed by atoms with E-state index in [1.165, 1.54) is 6.21 Å². The first-order valence-corrected chi connectivity index (χ1v) is 10.3. The highest BCUT2D eigenvalue weighted by atomic mass is 16.3. The Bertz CT molecular complexity index is 1230. The minimum Gasteiger partial charge on any atom is -0.507 e. The first-order chi connectivity index (χ1) is 15.2. The number of phenols is 1. The number of benzene rings is 4. The summed E-state index contributed by atoms with van der Waals surface area (Å²) in [5.41, 5.74) is 5.23. The van der Waals surface area contributed by atoms with Crippen molar-refractivity contribution < 1.29 is 9.90 Å². The van der Waals surface area contributed by atoms with Gasteiger partial charge in [0.25, 0.3) is 0 Å². The fraction of sp³-hybridized carbons (Fsp3) is 0.111. The van der Waals surface area contributed by atoms with Gasteiger partial charge in [0.05, 0.1) is 12.1 Å². The molecule has 5 rings (SSSR count). The Hall–Kier alpha value is -3.92. The van der Waals surface area contributed by atoms with Gasteiger partial charge in [-0.3, -0.25) is 4.79 Å². The van der Waals surface area contributed by atoms with Crippen molar-refractivity contribution in [1.29, 1.82) is 0 Å². The predicted molar refractivity (Wildman–Crippen MR) is 123 cm³/mol. The molecular formula is C27H22N2O2. The van der Waals surface area contributed by atoms with Crippen molar-refractivity contribution in [3.63, 3.8) is 0 Å². The second kappa shape index (κ2) is 7.73. The van der Waals surface area contributed by atoms with E-state index in [-0.39, 0.29) is 23.0 Å². The first-order valence-electron chi connectivity index (χ1n) is 10.3. The van der Waals surface area contributed by atoms with Crippen molar-refractivity contribution in [2.24, 2.45) is 11.0 Å². The molecule has 1 aliphatic rings. The molecule has 0 aromatic heterocycles. The van der Waals surface area contributed by atoms with Gasteiger partial charge in [-0.15, -0.1) is 0 Å². The molecule has 0 heterocycles. The van der Waals surface area contributed by atoms with Crippen LogP contribution in [0.3, 0.4) is 0 Å². The molecule has 152 valence electrons. The standard InChI is InChI=1S/C27H22N2O2/c30-25-16-15-19-9-7-8-14-22(19)23(25)18-28-29-26(31)24-17-27(24,20-10-3-1-4-11-20)21-12-5-2-6-13-21/h1-16,18,24,30H,17H2,(H,29,31)/b28-18-. The molecule has 1 unspecified atom stereocenters. The Morgan fingerprint density at radius 1 is 0.871 bits per heavy atom. The number of phenolic OH excluding ortho intramolecular Hbond substituents is 1. The smallest absolute Gasteiger partial charge is 0.244 e. The highest BCUT2D eigenvalue weighted by Gasteiger charge is 2.60. The summed E-state index contributed by atoms with van der Waals surface area (Å²) in [6, 6.07) is 31.6. The Balaban J connectivity index is 1.40. The van der Waals surface area contributed by atoms with Crippen LogP contribution in [0.5, 0.6) is 5.75 Å². The number of nitrogens with one attached hydrogen (secondary N) is 1. The molecule has 2 N–H and O–H groups in total. The highest BCUT2D eigenvalue weighted by Crippen LogP contribution is 2.58. The van der Waals surface area contributed by atoms with Crippen LogP contribution in [0.2, 0.25) is 0 Å². The normalized spacial score (nSPS) is 17.0. The van der Waals surface area contributed by atoms with Gasteiger partial charge >= 0.3 is 0 Å². The molecular weight excluding hydrogens is 384 g/mol. The van der Waals surface area contributed by atoms with E-state index in [0.29, 0.717) is 5.56 Å². The van der Waals surface area contributed by atoms with Gasteiger partial charge in [-0.25, -0.2) is 5.43 Å². The Morgan fingerprint density at radius 2 is 1.48 bits per heavy atom. The van der Waals surface area contributed by atoms with Crippen LogP contribution in [0, 0.1) is 5.92 Å². The van der Waals surface area contributed by atoms with Crippen LogP contribution in [0.25, 0.3) is 10.8 Å².